The van der Waals surface area contributed by atoms with Crippen LogP contribution in [0.4, 0.5) is 0 Å². The first kappa shape index (κ1) is 16.6. The SMILES string of the molecule is C=CCNC/C=C/COc1ccccc1OC.Cl. The van der Waals surface area contributed by atoms with Gasteiger partial charge < -0.3 is 14.8 Å². The third kappa shape index (κ3) is 6.33. The van der Waals surface area contributed by atoms with E-state index in [2.05, 4.69) is 11.9 Å². The number of hydrogen-bond acceptors (Lipinski definition) is 3. The van der Waals surface area contributed by atoms with E-state index in [0.717, 1.165) is 24.6 Å². The fourth-order valence-electron chi connectivity index (χ4n) is 1.30. The van der Waals surface area contributed by atoms with Crippen LogP contribution in [0.3, 0.4) is 0 Å². The Bertz CT molecular complexity index is 367. The molecule has 1 aromatic rings. The Balaban J connectivity index is 0.00000289. The van der Waals surface area contributed by atoms with Gasteiger partial charge in [0.1, 0.15) is 6.61 Å². The highest BCUT2D eigenvalue weighted by Gasteiger charge is 1.99. The Morgan fingerprint density at radius 2 is 1.89 bits per heavy atom. The lowest BCUT2D eigenvalue weighted by Crippen LogP contribution is -2.12. The van der Waals surface area contributed by atoms with Gasteiger partial charge in [0.2, 0.25) is 0 Å². The lowest BCUT2D eigenvalue weighted by Gasteiger charge is -2.08. The highest BCUT2D eigenvalue weighted by molar-refractivity contribution is 5.85. The minimum atomic E-state index is 0. The van der Waals surface area contributed by atoms with Gasteiger partial charge in [0, 0.05) is 13.1 Å². The van der Waals surface area contributed by atoms with Crippen molar-refractivity contribution in [3.63, 3.8) is 0 Å². The molecule has 4 heteroatoms. The van der Waals surface area contributed by atoms with Gasteiger partial charge in [0.25, 0.3) is 0 Å². The molecule has 0 unspecified atom stereocenters. The minimum Gasteiger partial charge on any atom is -0.493 e. The average Bonchev–Trinajstić information content (AvgIpc) is 2.38. The summed E-state index contributed by atoms with van der Waals surface area (Å²) in [7, 11) is 1.64. The standard InChI is InChI=1S/C14H19NO2.ClH/c1-3-10-15-11-6-7-12-17-14-9-5-4-8-13(14)16-2;/h3-9,15H,1,10-12H2,2H3;1H/b7-6+;. The molecule has 18 heavy (non-hydrogen) atoms. The van der Waals surface area contributed by atoms with Crippen LogP contribution in [-0.4, -0.2) is 26.8 Å². The Labute approximate surface area is 115 Å². The molecule has 0 atom stereocenters. The molecule has 0 saturated carbocycles. The first-order valence-electron chi connectivity index (χ1n) is 5.61. The Morgan fingerprint density at radius 1 is 1.17 bits per heavy atom. The van der Waals surface area contributed by atoms with Gasteiger partial charge in [0.15, 0.2) is 11.5 Å². The van der Waals surface area contributed by atoms with Crippen molar-refractivity contribution in [3.8, 4) is 11.5 Å². The Hall–Kier alpha value is -1.45. The van der Waals surface area contributed by atoms with Gasteiger partial charge in [-0.05, 0) is 12.1 Å². The molecule has 0 saturated heterocycles. The molecule has 1 N–H and O–H groups in total. The van der Waals surface area contributed by atoms with Gasteiger partial charge in [-0.25, -0.2) is 0 Å². The largest absolute Gasteiger partial charge is 0.493 e. The summed E-state index contributed by atoms with van der Waals surface area (Å²) in [5.41, 5.74) is 0. The van der Waals surface area contributed by atoms with Crippen molar-refractivity contribution < 1.29 is 9.47 Å². The van der Waals surface area contributed by atoms with Crippen LogP contribution < -0.4 is 14.8 Å². The Morgan fingerprint density at radius 3 is 2.56 bits per heavy atom. The summed E-state index contributed by atoms with van der Waals surface area (Å²) in [6.07, 6.45) is 5.83. The molecule has 0 bridgehead atoms. The Kier molecular flexibility index (Phi) is 9.83. The molecule has 3 nitrogen and oxygen atoms in total. The number of methoxy groups -OCH3 is 1. The van der Waals surface area contributed by atoms with Gasteiger partial charge >= 0.3 is 0 Å². The van der Waals surface area contributed by atoms with Crippen LogP contribution in [0.15, 0.2) is 49.1 Å². The van der Waals surface area contributed by atoms with E-state index in [-0.39, 0.29) is 12.4 Å². The number of rotatable bonds is 8. The van der Waals surface area contributed by atoms with Crippen molar-refractivity contribution in [1.29, 1.82) is 0 Å². The molecule has 1 aromatic carbocycles. The smallest absolute Gasteiger partial charge is 0.161 e. The van der Waals surface area contributed by atoms with Crippen LogP contribution in [0.25, 0.3) is 0 Å². The van der Waals surface area contributed by atoms with Gasteiger partial charge in [-0.1, -0.05) is 30.4 Å². The highest BCUT2D eigenvalue weighted by Crippen LogP contribution is 2.25. The maximum Gasteiger partial charge on any atom is 0.161 e. The van der Waals surface area contributed by atoms with Crippen LogP contribution in [0.1, 0.15) is 0 Å². The van der Waals surface area contributed by atoms with Crippen molar-refractivity contribution in [2.24, 2.45) is 0 Å². The highest BCUT2D eigenvalue weighted by atomic mass is 35.5. The first-order chi connectivity index (χ1) is 8.38. The van der Waals surface area contributed by atoms with E-state index in [9.17, 15) is 0 Å². The van der Waals surface area contributed by atoms with Crippen molar-refractivity contribution in [3.05, 3.63) is 49.1 Å². The molecule has 0 fully saturated rings. The summed E-state index contributed by atoms with van der Waals surface area (Å²) in [5, 5.41) is 3.17. The molecule has 0 aliphatic heterocycles. The van der Waals surface area contributed by atoms with Gasteiger partial charge in [-0.15, -0.1) is 19.0 Å². The minimum absolute atomic E-state index is 0. The fourth-order valence-corrected chi connectivity index (χ4v) is 1.30. The van der Waals surface area contributed by atoms with E-state index >= 15 is 0 Å². The molecular formula is C14H20ClNO2. The lowest BCUT2D eigenvalue weighted by atomic mass is 10.3. The average molecular weight is 270 g/mol. The van der Waals surface area contributed by atoms with E-state index in [1.54, 1.807) is 7.11 Å². The van der Waals surface area contributed by atoms with E-state index in [1.807, 2.05) is 42.5 Å². The quantitative estimate of drug-likeness (QED) is 0.582. The molecule has 0 heterocycles. The number of ether oxygens (including phenoxy) is 2. The number of nitrogens with one attached hydrogen (secondary N) is 1. The maximum absolute atomic E-state index is 5.57. The summed E-state index contributed by atoms with van der Waals surface area (Å²) < 4.78 is 10.8. The number of para-hydroxylation sites is 2. The summed E-state index contributed by atoms with van der Waals surface area (Å²) in [6, 6.07) is 7.61. The van der Waals surface area contributed by atoms with Crippen LogP contribution in [0.5, 0.6) is 11.5 Å². The molecule has 0 aliphatic rings. The second kappa shape index (κ2) is 10.7. The van der Waals surface area contributed by atoms with Crippen molar-refractivity contribution in [2.75, 3.05) is 26.8 Å². The fraction of sp³-hybridized carbons (Fsp3) is 0.286. The predicted molar refractivity (Wildman–Crippen MR) is 77.9 cm³/mol. The van der Waals surface area contributed by atoms with Crippen LogP contribution in [-0.2, 0) is 0 Å². The molecule has 0 spiro atoms. The zero-order valence-electron chi connectivity index (χ0n) is 10.6. The predicted octanol–water partition coefficient (Wildman–Crippen LogP) is 2.83. The maximum atomic E-state index is 5.57. The zero-order valence-corrected chi connectivity index (χ0v) is 11.4. The van der Waals surface area contributed by atoms with E-state index < -0.39 is 0 Å². The van der Waals surface area contributed by atoms with Crippen molar-refractivity contribution in [1.82, 2.24) is 5.32 Å². The third-order valence-electron chi connectivity index (χ3n) is 2.12. The topological polar surface area (TPSA) is 30.5 Å². The second-order valence-corrected chi connectivity index (χ2v) is 3.38. The van der Waals surface area contributed by atoms with Crippen LogP contribution in [0, 0.1) is 0 Å². The number of halogens is 1. The molecule has 0 radical (unpaired) electrons. The molecule has 0 aromatic heterocycles. The number of benzene rings is 1. The number of hydrogen-bond donors (Lipinski definition) is 1. The molecule has 100 valence electrons. The van der Waals surface area contributed by atoms with Crippen molar-refractivity contribution >= 4 is 12.4 Å². The van der Waals surface area contributed by atoms with E-state index in [0.29, 0.717) is 6.61 Å². The summed E-state index contributed by atoms with van der Waals surface area (Å²) >= 11 is 0. The van der Waals surface area contributed by atoms with Gasteiger partial charge in [0.05, 0.1) is 7.11 Å². The molecule has 0 aliphatic carbocycles. The van der Waals surface area contributed by atoms with Gasteiger partial charge in [-0.2, -0.15) is 0 Å². The molecule has 0 amide bonds. The van der Waals surface area contributed by atoms with E-state index in [1.165, 1.54) is 0 Å². The van der Waals surface area contributed by atoms with Gasteiger partial charge in [-0.3, -0.25) is 0 Å². The lowest BCUT2D eigenvalue weighted by molar-refractivity contribution is 0.326. The van der Waals surface area contributed by atoms with Crippen molar-refractivity contribution in [2.45, 2.75) is 0 Å². The normalized spacial score (nSPS) is 9.83. The zero-order chi connectivity index (χ0) is 12.3. The molecule has 1 rings (SSSR count). The summed E-state index contributed by atoms with van der Waals surface area (Å²) in [4.78, 5) is 0. The van der Waals surface area contributed by atoms with E-state index in [4.69, 9.17) is 9.47 Å². The third-order valence-corrected chi connectivity index (χ3v) is 2.12. The monoisotopic (exact) mass is 269 g/mol. The van der Waals surface area contributed by atoms with Crippen LogP contribution >= 0.6 is 12.4 Å². The molecular weight excluding hydrogens is 250 g/mol. The summed E-state index contributed by atoms with van der Waals surface area (Å²) in [5.74, 6) is 1.52. The summed E-state index contributed by atoms with van der Waals surface area (Å²) in [6.45, 7) is 5.80. The second-order valence-electron chi connectivity index (χ2n) is 3.38. The van der Waals surface area contributed by atoms with Crippen LogP contribution in [0.2, 0.25) is 0 Å². The first-order valence-corrected chi connectivity index (χ1v) is 5.61.